The van der Waals surface area contributed by atoms with Gasteiger partial charge < -0.3 is 77.3 Å². The first-order valence-electron chi connectivity index (χ1n) is 33.0. The number of likely N-dealkylation sites (tertiary alicyclic amines) is 2. The lowest BCUT2D eigenvalue weighted by Crippen LogP contribution is -2.50. The van der Waals surface area contributed by atoms with Crippen molar-refractivity contribution in [2.45, 2.75) is 114 Å². The molecule has 4 aliphatic rings. The van der Waals surface area contributed by atoms with Gasteiger partial charge in [-0.25, -0.2) is 9.59 Å². The van der Waals surface area contributed by atoms with Crippen LogP contribution in [0.3, 0.4) is 0 Å². The summed E-state index contributed by atoms with van der Waals surface area (Å²) in [7, 11) is 9.16. The fourth-order valence-electron chi connectivity index (χ4n) is 12.7. The van der Waals surface area contributed by atoms with Crippen LogP contribution in [0.15, 0.2) is 72.8 Å². The summed E-state index contributed by atoms with van der Waals surface area (Å²) in [6.45, 7) is 10.9. The van der Waals surface area contributed by atoms with Gasteiger partial charge in [-0.05, 0) is 122 Å². The molecular formula is C70H96N6O18. The molecule has 2 N–H and O–H groups in total. The number of ether oxygens (including phenoxy) is 12. The number of hydrogen-bond donors (Lipinski definition) is 2. The summed E-state index contributed by atoms with van der Waals surface area (Å²) >= 11 is 0. The number of piperidine rings is 2. The molecule has 0 spiro atoms. The number of morpholine rings is 2. The summed E-state index contributed by atoms with van der Waals surface area (Å²) in [5, 5.41) is 5.56. The fourth-order valence-corrected chi connectivity index (χ4v) is 12.7. The van der Waals surface area contributed by atoms with Gasteiger partial charge in [0.05, 0.1) is 80.9 Å². The first-order valence-corrected chi connectivity index (χ1v) is 33.0. The Hall–Kier alpha value is -8.06. The smallest absolute Gasteiger partial charge is 0.329 e. The number of benzene rings is 4. The lowest BCUT2D eigenvalue weighted by Gasteiger charge is -2.37. The number of nitrogens with one attached hydrogen (secondary N) is 2. The largest absolute Gasteiger partial charge is 0.493 e. The van der Waals surface area contributed by atoms with Gasteiger partial charge in [0.25, 0.3) is 11.8 Å². The number of esters is 2. The van der Waals surface area contributed by atoms with Crippen LogP contribution in [0.4, 0.5) is 0 Å². The third-order valence-electron chi connectivity index (χ3n) is 17.8. The molecule has 0 aromatic heterocycles. The van der Waals surface area contributed by atoms with Crippen LogP contribution in [0.25, 0.3) is 0 Å². The third-order valence-corrected chi connectivity index (χ3v) is 17.8. The van der Waals surface area contributed by atoms with E-state index in [-0.39, 0.29) is 38.1 Å². The van der Waals surface area contributed by atoms with E-state index in [1.165, 1.54) is 42.7 Å². The van der Waals surface area contributed by atoms with E-state index in [9.17, 15) is 28.8 Å². The van der Waals surface area contributed by atoms with Crippen LogP contribution in [0.1, 0.15) is 124 Å². The molecule has 94 heavy (non-hydrogen) atoms. The number of carbonyl (C=O) groups is 6. The van der Waals surface area contributed by atoms with E-state index < -0.39 is 59.9 Å². The Balaban J connectivity index is 0.840. The second-order valence-electron chi connectivity index (χ2n) is 23.7. The summed E-state index contributed by atoms with van der Waals surface area (Å²) in [6, 6.07) is 19.8. The molecule has 4 heterocycles. The number of rotatable bonds is 33. The van der Waals surface area contributed by atoms with Crippen molar-refractivity contribution in [1.29, 1.82) is 0 Å². The van der Waals surface area contributed by atoms with E-state index in [0.29, 0.717) is 159 Å². The van der Waals surface area contributed by atoms with Crippen molar-refractivity contribution in [3.63, 3.8) is 0 Å². The maximum Gasteiger partial charge on any atom is 0.329 e. The van der Waals surface area contributed by atoms with Gasteiger partial charge in [-0.2, -0.15) is 0 Å². The van der Waals surface area contributed by atoms with Gasteiger partial charge in [-0.3, -0.25) is 29.0 Å². The summed E-state index contributed by atoms with van der Waals surface area (Å²) in [4.78, 5) is 92.1. The number of methoxy groups -OCH3 is 6. The van der Waals surface area contributed by atoms with Crippen LogP contribution >= 0.6 is 0 Å². The van der Waals surface area contributed by atoms with Gasteiger partial charge in [-0.1, -0.05) is 38.1 Å². The van der Waals surface area contributed by atoms with Crippen molar-refractivity contribution in [2.75, 3.05) is 148 Å². The van der Waals surface area contributed by atoms with E-state index in [4.69, 9.17) is 56.8 Å². The summed E-state index contributed by atoms with van der Waals surface area (Å²) in [5.74, 6) is -0.0482. The van der Waals surface area contributed by atoms with Crippen LogP contribution in [0.5, 0.6) is 46.0 Å². The highest BCUT2D eigenvalue weighted by Crippen LogP contribution is 2.44. The molecule has 514 valence electrons. The summed E-state index contributed by atoms with van der Waals surface area (Å²) in [5.41, 5.74) is 2.72. The highest BCUT2D eigenvalue weighted by atomic mass is 16.6. The van der Waals surface area contributed by atoms with Crippen LogP contribution in [0, 0.1) is 0 Å². The van der Waals surface area contributed by atoms with Gasteiger partial charge in [0, 0.05) is 78.3 Å². The maximum atomic E-state index is 14.6. The molecule has 4 aliphatic heterocycles. The van der Waals surface area contributed by atoms with E-state index in [0.717, 1.165) is 51.9 Å². The van der Waals surface area contributed by atoms with Crippen LogP contribution < -0.4 is 48.5 Å². The molecule has 4 fully saturated rings. The summed E-state index contributed by atoms with van der Waals surface area (Å²) in [6.07, 6.45) is 4.34. The number of hydrogen-bond acceptors (Lipinski definition) is 20. The second kappa shape index (κ2) is 36.6. The van der Waals surface area contributed by atoms with Crippen molar-refractivity contribution in [3.8, 4) is 46.0 Å². The second-order valence-corrected chi connectivity index (χ2v) is 23.7. The number of carbonyl (C=O) groups excluding carboxylic acids is 6. The molecule has 4 aromatic carbocycles. The highest BCUT2D eigenvalue weighted by molar-refractivity contribution is 5.90. The van der Waals surface area contributed by atoms with Gasteiger partial charge in [0.1, 0.15) is 35.8 Å². The molecule has 0 radical (unpaired) electrons. The van der Waals surface area contributed by atoms with Crippen molar-refractivity contribution < 1.29 is 85.6 Å². The Morgan fingerprint density at radius 3 is 1.19 bits per heavy atom. The lowest BCUT2D eigenvalue weighted by molar-refractivity contribution is -0.163. The Labute approximate surface area is 552 Å². The Morgan fingerprint density at radius 2 is 0.851 bits per heavy atom. The minimum atomic E-state index is -0.804. The molecule has 4 saturated heterocycles. The standard InChI is InChI=1S/C70H96N6O18/c1-9-53(49-41-59(83-3)65(87-7)60(42-49)84-4)67(79)75-27-13-11-21-55(75)69(81)93-57(23-29-73-31-35-89-36-32-73)47-17-15-19-51(39-47)91-45-63(77)71-25-26-72-64(78)46-92-52-20-16-18-48(40-52)58(24-30-74-33-37-90-38-34-74)94-70(82)56-22-12-14-28-76(56)68(80)54(10-2)50-43-61(85-5)66(88-8)62(44-50)86-6/h15-20,39-44,53-58H,9-14,21-38,45-46H2,1-8H3,(H,71,77)(H,72,78)/t53-,54-,55-,56-,57+,58+/m0/s1. The quantitative estimate of drug-likeness (QED) is 0.0354. The number of nitrogens with zero attached hydrogens (tertiary/aromatic N) is 4. The Bertz CT molecular complexity index is 2880. The highest BCUT2D eigenvalue weighted by Gasteiger charge is 2.40. The van der Waals surface area contributed by atoms with Gasteiger partial charge in [0.2, 0.25) is 23.3 Å². The zero-order chi connectivity index (χ0) is 66.9. The SMILES string of the molecule is CC[C@H](C(=O)N1CCCC[C@H]1C(=O)O[C@H](CCN1CCOCC1)c1cccc(OCC(=O)NCCNC(=O)COc2cccc([C@@H](CCN3CCOCC3)OC(=O)[C@@H]3CCCCN3C(=O)[C@@H](CC)c3cc(OC)c(OC)c(OC)c3)c2)c1)c1cc(OC)c(OC)c(OC)c1. The van der Waals surface area contributed by atoms with Crippen LogP contribution in [-0.2, 0) is 47.7 Å². The third kappa shape index (κ3) is 19.3. The predicted molar refractivity (Wildman–Crippen MR) is 348 cm³/mol. The molecule has 24 heteroatoms. The minimum Gasteiger partial charge on any atom is -0.493 e. The van der Waals surface area contributed by atoms with Crippen molar-refractivity contribution in [3.05, 3.63) is 95.1 Å². The van der Waals surface area contributed by atoms with Crippen molar-refractivity contribution in [2.24, 2.45) is 0 Å². The molecule has 8 rings (SSSR count). The van der Waals surface area contributed by atoms with Gasteiger partial charge in [-0.15, -0.1) is 0 Å². The molecule has 6 atom stereocenters. The minimum absolute atomic E-state index is 0.107. The molecule has 0 bridgehead atoms. The average molecular weight is 1310 g/mol. The Morgan fingerprint density at radius 1 is 0.479 bits per heavy atom. The molecule has 4 aromatic rings. The molecule has 24 nitrogen and oxygen atoms in total. The van der Waals surface area contributed by atoms with E-state index in [1.54, 1.807) is 70.5 Å². The Kier molecular flexibility index (Phi) is 27.9. The molecule has 0 saturated carbocycles. The molecule has 0 aliphatic carbocycles. The zero-order valence-electron chi connectivity index (χ0n) is 55.9. The van der Waals surface area contributed by atoms with Crippen LogP contribution in [-0.4, -0.2) is 215 Å². The first-order chi connectivity index (χ1) is 45.7. The predicted octanol–water partition coefficient (Wildman–Crippen LogP) is 7.19. The normalized spacial score (nSPS) is 18.3. The van der Waals surface area contributed by atoms with Gasteiger partial charge >= 0.3 is 11.9 Å². The lowest BCUT2D eigenvalue weighted by atomic mass is 9.91. The topological polar surface area (TPSA) is 250 Å². The average Bonchev–Trinajstić information content (AvgIpc) is 0.814. The van der Waals surface area contributed by atoms with E-state index in [2.05, 4.69) is 20.4 Å². The molecule has 0 unspecified atom stereocenters. The summed E-state index contributed by atoms with van der Waals surface area (Å²) < 4.78 is 69.5. The monoisotopic (exact) mass is 1310 g/mol. The van der Waals surface area contributed by atoms with Crippen LogP contribution in [0.2, 0.25) is 0 Å². The maximum absolute atomic E-state index is 14.6. The first kappa shape index (κ1) is 71.8. The molecular weight excluding hydrogens is 1210 g/mol. The fraction of sp³-hybridized carbons (Fsp3) is 0.571. The van der Waals surface area contributed by atoms with Crippen molar-refractivity contribution >= 4 is 35.6 Å². The number of amides is 4. The molecule has 4 amide bonds. The van der Waals surface area contributed by atoms with E-state index >= 15 is 0 Å². The van der Waals surface area contributed by atoms with Crippen molar-refractivity contribution in [1.82, 2.24) is 30.2 Å². The van der Waals surface area contributed by atoms with E-state index in [1.807, 2.05) is 26.0 Å². The van der Waals surface area contributed by atoms with Gasteiger partial charge in [0.15, 0.2) is 36.2 Å². The zero-order valence-corrected chi connectivity index (χ0v) is 55.9.